The number of nitriles is 3. The van der Waals surface area contributed by atoms with Crippen LogP contribution in [0.15, 0.2) is 133 Å². The van der Waals surface area contributed by atoms with E-state index in [1.54, 1.807) is 36.4 Å². The van der Waals surface area contributed by atoms with Crippen LogP contribution >= 0.6 is 17.0 Å². The average molecular weight is 1240 g/mol. The second-order valence-corrected chi connectivity index (χ2v) is 22.8. The minimum atomic E-state index is -0.428. The van der Waals surface area contributed by atoms with Crippen LogP contribution in [-0.2, 0) is 17.9 Å². The Bertz CT molecular complexity index is 3750. The number of aromatic amines is 3. The molecule has 5 aromatic carbocycles. The number of ether oxygens (including phenoxy) is 1. The molecule has 3 aliphatic carbocycles. The van der Waals surface area contributed by atoms with Gasteiger partial charge in [0.05, 0.1) is 34.9 Å². The standard InChI is InChI=1S/C26H28N4O3.C25H28N4O.C18H22N4O.BrH/c1-2-30(25(31)24-14-20-13-19(16-27)11-12-23(20)29-24)22-10-6-9-21(15-22)28-26(32)33-17-18-7-4-3-5-8-18;1-2-29(25(30)24-14-20-13-19(16-26)11-12-23(20)28-24)22-10-6-9-21(15-22)27-17-18-7-4-3-5-8-18;1-2-22(15-5-3-4-14(20)10-15)18(23)17-9-13-8-12(11-19)6-7-16(13)21-17;/h3-5,7-8,11-14,21-22,29H,2,6,9-10,15,17H2,1H3,(H,28,32);3-5,7-8,11-14,21-22,27-28H,2,6,9-10,15,17H2,1H3;6-9,14-15,21H,2-5,10,20H2,1H3;1H/t2*21-,22+;14-,15+;/m111./s1. The lowest BCUT2D eigenvalue weighted by Gasteiger charge is -2.37. The first-order chi connectivity index (χ1) is 41.9. The molecular weight excluding hydrogens is 1160 g/mol. The minimum absolute atomic E-state index is 0. The van der Waals surface area contributed by atoms with E-state index in [1.807, 2.05) is 101 Å². The molecule has 0 radical (unpaired) electrons. The van der Waals surface area contributed by atoms with Gasteiger partial charge in [-0.15, -0.1) is 17.0 Å². The summed E-state index contributed by atoms with van der Waals surface area (Å²) in [6, 6.07) is 49.2. The van der Waals surface area contributed by atoms with Gasteiger partial charge >= 0.3 is 6.09 Å². The van der Waals surface area contributed by atoms with Crippen molar-refractivity contribution in [2.24, 2.45) is 5.73 Å². The van der Waals surface area contributed by atoms with Gasteiger partial charge in [-0.05, 0) is 182 Å². The van der Waals surface area contributed by atoms with Crippen LogP contribution < -0.4 is 16.4 Å². The lowest BCUT2D eigenvalue weighted by atomic mass is 9.89. The molecule has 3 aliphatic rings. The Hall–Kier alpha value is -8.73. The molecule has 452 valence electrons. The molecule has 7 N–H and O–H groups in total. The molecule has 11 rings (SSSR count). The Morgan fingerprint density at radius 1 is 0.517 bits per heavy atom. The van der Waals surface area contributed by atoms with Crippen LogP contribution in [0.3, 0.4) is 0 Å². The van der Waals surface area contributed by atoms with Crippen LogP contribution in [0.25, 0.3) is 32.7 Å². The van der Waals surface area contributed by atoms with Crippen molar-refractivity contribution in [2.75, 3.05) is 19.6 Å². The van der Waals surface area contributed by atoms with E-state index >= 15 is 0 Å². The molecular formula is C69H79BrN12O5. The van der Waals surface area contributed by atoms with E-state index in [-0.39, 0.29) is 71.5 Å². The Labute approximate surface area is 520 Å². The second-order valence-electron chi connectivity index (χ2n) is 22.8. The van der Waals surface area contributed by atoms with Gasteiger partial charge in [-0.25, -0.2) is 4.79 Å². The summed E-state index contributed by atoms with van der Waals surface area (Å²) in [5.74, 6) is -0.00765. The maximum absolute atomic E-state index is 13.3. The second kappa shape index (κ2) is 31.1. The summed E-state index contributed by atoms with van der Waals surface area (Å²) in [5, 5.41) is 36.5. The summed E-state index contributed by atoms with van der Waals surface area (Å²) in [7, 11) is 0. The fourth-order valence-corrected chi connectivity index (χ4v) is 12.6. The third-order valence-electron chi connectivity index (χ3n) is 17.0. The molecule has 0 bridgehead atoms. The first kappa shape index (κ1) is 64.3. The molecule has 0 unspecified atom stereocenters. The highest BCUT2D eigenvalue weighted by Gasteiger charge is 2.33. The van der Waals surface area contributed by atoms with Gasteiger partial charge in [0.1, 0.15) is 23.7 Å². The normalized spacial score (nSPS) is 18.8. The fraction of sp³-hybridized carbons (Fsp3) is 0.377. The Morgan fingerprint density at radius 2 is 0.908 bits per heavy atom. The quantitative estimate of drug-likeness (QED) is 0.0566. The van der Waals surface area contributed by atoms with Crippen molar-refractivity contribution in [3.8, 4) is 18.2 Å². The molecule has 3 heterocycles. The van der Waals surface area contributed by atoms with Crippen molar-refractivity contribution in [1.82, 2.24) is 40.3 Å². The highest BCUT2D eigenvalue weighted by Crippen LogP contribution is 2.30. The largest absolute Gasteiger partial charge is 0.445 e. The molecule has 0 aliphatic heterocycles. The van der Waals surface area contributed by atoms with Gasteiger partial charge in [0.25, 0.3) is 17.7 Å². The van der Waals surface area contributed by atoms with Gasteiger partial charge < -0.3 is 50.8 Å². The molecule has 87 heavy (non-hydrogen) atoms. The van der Waals surface area contributed by atoms with Crippen LogP contribution in [0.2, 0.25) is 0 Å². The number of nitrogens with zero attached hydrogens (tertiary/aromatic N) is 6. The lowest BCUT2D eigenvalue weighted by Crippen LogP contribution is -2.48. The van der Waals surface area contributed by atoms with Crippen LogP contribution in [0.5, 0.6) is 0 Å². The van der Waals surface area contributed by atoms with E-state index in [1.165, 1.54) is 5.56 Å². The van der Waals surface area contributed by atoms with Gasteiger partial charge in [-0.2, -0.15) is 15.8 Å². The van der Waals surface area contributed by atoms with Crippen molar-refractivity contribution in [3.05, 3.63) is 178 Å². The van der Waals surface area contributed by atoms with E-state index in [2.05, 4.69) is 75.0 Å². The summed E-state index contributed by atoms with van der Waals surface area (Å²) in [4.78, 5) is 67.2. The average Bonchev–Trinajstić information content (AvgIpc) is 2.29. The van der Waals surface area contributed by atoms with E-state index in [9.17, 15) is 19.2 Å². The predicted molar refractivity (Wildman–Crippen MR) is 345 cm³/mol. The first-order valence-corrected chi connectivity index (χ1v) is 30.4. The summed E-state index contributed by atoms with van der Waals surface area (Å²) >= 11 is 0. The van der Waals surface area contributed by atoms with Crippen molar-refractivity contribution < 1.29 is 23.9 Å². The summed E-state index contributed by atoms with van der Waals surface area (Å²) < 4.78 is 5.36. The summed E-state index contributed by atoms with van der Waals surface area (Å²) in [6.45, 7) is 9.07. The third kappa shape index (κ3) is 16.6. The molecule has 17 nitrogen and oxygen atoms in total. The highest BCUT2D eigenvalue weighted by atomic mass is 79.9. The van der Waals surface area contributed by atoms with E-state index in [4.69, 9.17) is 26.3 Å². The topological polar surface area (TPSA) is 256 Å². The number of aromatic nitrogens is 3. The number of halogens is 1. The van der Waals surface area contributed by atoms with E-state index in [0.29, 0.717) is 65.9 Å². The molecule has 3 fully saturated rings. The first-order valence-electron chi connectivity index (χ1n) is 30.4. The van der Waals surface area contributed by atoms with Crippen LogP contribution in [0.1, 0.15) is 157 Å². The van der Waals surface area contributed by atoms with E-state index < -0.39 is 6.09 Å². The molecule has 0 spiro atoms. The van der Waals surface area contributed by atoms with Crippen LogP contribution in [-0.4, -0.2) is 109 Å². The molecule has 3 aromatic heterocycles. The predicted octanol–water partition coefficient (Wildman–Crippen LogP) is 12.7. The number of amides is 4. The Balaban J connectivity index is 0.000000171. The monoisotopic (exact) mass is 1230 g/mol. The molecule has 18 heteroatoms. The number of hydrogen-bond acceptors (Lipinski definition) is 10. The zero-order valence-electron chi connectivity index (χ0n) is 49.9. The minimum Gasteiger partial charge on any atom is -0.445 e. The number of rotatable bonds is 15. The Kier molecular flexibility index (Phi) is 23.0. The van der Waals surface area contributed by atoms with Gasteiger partial charge in [0, 0.05) is 95.1 Å². The zero-order valence-corrected chi connectivity index (χ0v) is 51.6. The fourth-order valence-electron chi connectivity index (χ4n) is 12.6. The van der Waals surface area contributed by atoms with Crippen molar-refractivity contribution in [1.29, 1.82) is 15.8 Å². The number of hydrogen-bond donors (Lipinski definition) is 6. The number of benzene rings is 5. The summed E-state index contributed by atoms with van der Waals surface area (Å²) in [5.41, 5.74) is 14.4. The number of fused-ring (bicyclic) bond motifs is 3. The maximum Gasteiger partial charge on any atom is 0.407 e. The molecule has 8 aromatic rings. The smallest absolute Gasteiger partial charge is 0.407 e. The number of alkyl carbamates (subject to hydrolysis) is 1. The number of carbonyl (C=O) groups is 4. The number of carbonyl (C=O) groups excluding carboxylic acids is 4. The van der Waals surface area contributed by atoms with Crippen molar-refractivity contribution >= 4 is 73.5 Å². The highest BCUT2D eigenvalue weighted by molar-refractivity contribution is 8.93. The number of H-pyrrole nitrogens is 3. The Morgan fingerprint density at radius 3 is 1.32 bits per heavy atom. The number of nitrogens with one attached hydrogen (secondary N) is 5. The molecule has 3 saturated carbocycles. The molecule has 0 saturated heterocycles. The van der Waals surface area contributed by atoms with Gasteiger partial charge in [0.2, 0.25) is 0 Å². The van der Waals surface area contributed by atoms with Crippen LogP contribution in [0, 0.1) is 34.0 Å². The van der Waals surface area contributed by atoms with Gasteiger partial charge in [0.15, 0.2) is 0 Å². The summed E-state index contributed by atoms with van der Waals surface area (Å²) in [6.07, 6.45) is 11.3. The van der Waals surface area contributed by atoms with Gasteiger partial charge in [-0.1, -0.05) is 60.7 Å². The maximum atomic E-state index is 13.3. The van der Waals surface area contributed by atoms with Crippen molar-refractivity contribution in [3.63, 3.8) is 0 Å². The lowest BCUT2D eigenvalue weighted by molar-refractivity contribution is 0.0612. The van der Waals surface area contributed by atoms with E-state index in [0.717, 1.165) is 115 Å². The SMILES string of the molecule is Br.CCN(C(=O)c1cc2cc(C#N)ccc2[nH]1)[C@H]1CCC[C@@H](N)C1.CCN(C(=O)c1cc2cc(C#N)ccc2[nH]1)[C@H]1CCC[C@@H](NC(=O)OCc2ccccc2)C1.CCN(C(=O)c1cc2cc(C#N)ccc2[nH]1)[C@H]1CCC[C@@H](NCc2ccccc2)C1. The van der Waals surface area contributed by atoms with Crippen molar-refractivity contribution in [2.45, 2.75) is 147 Å². The van der Waals surface area contributed by atoms with Gasteiger partial charge in [-0.3, -0.25) is 14.4 Å². The van der Waals surface area contributed by atoms with Crippen LogP contribution in [0.4, 0.5) is 4.79 Å². The zero-order chi connectivity index (χ0) is 60.5. The third-order valence-corrected chi connectivity index (χ3v) is 17.0. The molecule has 4 amide bonds. The number of nitrogens with two attached hydrogens (primary N) is 1. The molecule has 6 atom stereocenters.